The van der Waals surface area contributed by atoms with Gasteiger partial charge in [0.2, 0.25) is 0 Å². The molecule has 104 valence electrons. The Balaban J connectivity index is 1.73. The fourth-order valence-corrected chi connectivity index (χ4v) is 3.48. The minimum atomic E-state index is 0.365. The van der Waals surface area contributed by atoms with Crippen LogP contribution in [0.1, 0.15) is 25.0 Å². The Kier molecular flexibility index (Phi) is 2.60. The van der Waals surface area contributed by atoms with Crippen LogP contribution >= 0.6 is 0 Å². The molecule has 1 aromatic carbocycles. The van der Waals surface area contributed by atoms with E-state index in [4.69, 9.17) is 10.5 Å². The molecule has 3 N–H and O–H groups in total. The Bertz CT molecular complexity index is 670. The Morgan fingerprint density at radius 1 is 1.30 bits per heavy atom. The molecule has 4 rings (SSSR count). The highest BCUT2D eigenvalue weighted by atomic mass is 16.5. The first-order chi connectivity index (χ1) is 9.69. The molecule has 2 aliphatic rings. The van der Waals surface area contributed by atoms with Gasteiger partial charge in [0.05, 0.1) is 23.8 Å². The Labute approximate surface area is 118 Å². The van der Waals surface area contributed by atoms with Gasteiger partial charge in [-0.3, -0.25) is 4.98 Å². The lowest BCUT2D eigenvalue weighted by Gasteiger charge is -2.22. The van der Waals surface area contributed by atoms with Crippen LogP contribution in [-0.2, 0) is 4.74 Å². The molecule has 3 unspecified atom stereocenters. The molecule has 2 bridgehead atoms. The van der Waals surface area contributed by atoms with Crippen molar-refractivity contribution in [1.82, 2.24) is 4.98 Å². The van der Waals surface area contributed by atoms with Crippen LogP contribution in [0.15, 0.2) is 24.3 Å². The zero-order valence-corrected chi connectivity index (χ0v) is 11.6. The van der Waals surface area contributed by atoms with Crippen molar-refractivity contribution in [3.8, 4) is 0 Å². The average molecular weight is 269 g/mol. The van der Waals surface area contributed by atoms with Gasteiger partial charge in [-0.1, -0.05) is 0 Å². The van der Waals surface area contributed by atoms with Crippen molar-refractivity contribution in [2.45, 2.75) is 44.4 Å². The van der Waals surface area contributed by atoms with E-state index in [0.717, 1.165) is 34.4 Å². The van der Waals surface area contributed by atoms with Crippen molar-refractivity contribution in [2.24, 2.45) is 0 Å². The van der Waals surface area contributed by atoms with Crippen molar-refractivity contribution < 1.29 is 4.74 Å². The largest absolute Gasteiger partial charge is 0.399 e. The average Bonchev–Trinajstić information content (AvgIpc) is 3.02. The van der Waals surface area contributed by atoms with Crippen LogP contribution in [0.5, 0.6) is 0 Å². The predicted octanol–water partition coefficient (Wildman–Crippen LogP) is 2.86. The number of hydrogen-bond acceptors (Lipinski definition) is 4. The van der Waals surface area contributed by atoms with Crippen molar-refractivity contribution >= 4 is 22.3 Å². The van der Waals surface area contributed by atoms with Crippen LogP contribution in [0.25, 0.3) is 10.9 Å². The summed E-state index contributed by atoms with van der Waals surface area (Å²) in [5.74, 6) is 0. The van der Waals surface area contributed by atoms with Crippen LogP contribution in [0.3, 0.4) is 0 Å². The molecule has 2 aliphatic heterocycles. The highest BCUT2D eigenvalue weighted by Crippen LogP contribution is 2.37. The molecule has 4 heteroatoms. The topological polar surface area (TPSA) is 60.2 Å². The third kappa shape index (κ3) is 1.91. The van der Waals surface area contributed by atoms with Gasteiger partial charge in [0, 0.05) is 22.5 Å². The van der Waals surface area contributed by atoms with E-state index in [-0.39, 0.29) is 0 Å². The number of ether oxygens (including phenoxy) is 1. The second-order valence-electron chi connectivity index (χ2n) is 5.95. The SMILES string of the molecule is Cc1cc(NC2CC3CCC2O3)c2cc(N)ccc2n1. The number of pyridine rings is 1. The Hall–Kier alpha value is -1.81. The maximum atomic E-state index is 5.92. The summed E-state index contributed by atoms with van der Waals surface area (Å²) in [6.45, 7) is 2.03. The minimum absolute atomic E-state index is 0.365. The number of nitrogens with two attached hydrogens (primary N) is 1. The second kappa shape index (κ2) is 4.35. The molecular weight excluding hydrogens is 250 g/mol. The lowest BCUT2D eigenvalue weighted by atomic mass is 9.95. The zero-order chi connectivity index (χ0) is 13.7. The number of rotatable bonds is 2. The van der Waals surface area contributed by atoms with Gasteiger partial charge < -0.3 is 15.8 Å². The standard InChI is InChI=1S/C16H19N3O/c1-9-6-14(12-7-10(17)2-4-13(12)18-9)19-15-8-11-3-5-16(15)20-11/h2,4,6-7,11,15-16H,3,5,8,17H2,1H3,(H,18,19). The molecule has 4 nitrogen and oxygen atoms in total. The summed E-state index contributed by atoms with van der Waals surface area (Å²) in [5.41, 5.74) is 9.83. The van der Waals surface area contributed by atoms with E-state index >= 15 is 0 Å². The summed E-state index contributed by atoms with van der Waals surface area (Å²) < 4.78 is 5.92. The van der Waals surface area contributed by atoms with E-state index in [2.05, 4.69) is 16.4 Å². The number of anilines is 2. The summed E-state index contributed by atoms with van der Waals surface area (Å²) in [5, 5.41) is 4.76. The predicted molar refractivity (Wildman–Crippen MR) is 80.8 cm³/mol. The number of fused-ring (bicyclic) bond motifs is 3. The third-order valence-electron chi connectivity index (χ3n) is 4.41. The molecule has 2 fully saturated rings. The van der Waals surface area contributed by atoms with Crippen LogP contribution in [-0.4, -0.2) is 23.2 Å². The van der Waals surface area contributed by atoms with Gasteiger partial charge in [0.1, 0.15) is 0 Å². The molecule has 3 heterocycles. The first-order valence-electron chi connectivity index (χ1n) is 7.28. The number of nitrogens with zero attached hydrogens (tertiary/aromatic N) is 1. The molecule has 0 radical (unpaired) electrons. The zero-order valence-electron chi connectivity index (χ0n) is 11.6. The van der Waals surface area contributed by atoms with Crippen LogP contribution in [0.4, 0.5) is 11.4 Å². The first kappa shape index (κ1) is 12.0. The molecule has 1 aromatic heterocycles. The van der Waals surface area contributed by atoms with E-state index in [0.29, 0.717) is 18.2 Å². The smallest absolute Gasteiger partial charge is 0.0781 e. The fraction of sp³-hybridized carbons (Fsp3) is 0.438. The van der Waals surface area contributed by atoms with Crippen LogP contribution in [0.2, 0.25) is 0 Å². The number of hydrogen-bond donors (Lipinski definition) is 2. The van der Waals surface area contributed by atoms with Gasteiger partial charge in [0.15, 0.2) is 0 Å². The van der Waals surface area contributed by atoms with Crippen molar-refractivity contribution in [1.29, 1.82) is 0 Å². The quantitative estimate of drug-likeness (QED) is 0.823. The molecule has 2 saturated heterocycles. The number of benzene rings is 1. The minimum Gasteiger partial charge on any atom is -0.399 e. The summed E-state index contributed by atoms with van der Waals surface area (Å²) >= 11 is 0. The van der Waals surface area contributed by atoms with E-state index in [1.54, 1.807) is 0 Å². The Morgan fingerprint density at radius 2 is 2.20 bits per heavy atom. The van der Waals surface area contributed by atoms with Gasteiger partial charge in [-0.15, -0.1) is 0 Å². The van der Waals surface area contributed by atoms with Gasteiger partial charge in [0.25, 0.3) is 0 Å². The van der Waals surface area contributed by atoms with Crippen molar-refractivity contribution in [3.05, 3.63) is 30.0 Å². The molecule has 3 atom stereocenters. The van der Waals surface area contributed by atoms with Gasteiger partial charge >= 0.3 is 0 Å². The van der Waals surface area contributed by atoms with E-state index in [1.165, 1.54) is 12.8 Å². The van der Waals surface area contributed by atoms with E-state index in [1.807, 2.05) is 25.1 Å². The highest BCUT2D eigenvalue weighted by Gasteiger charge is 2.40. The summed E-state index contributed by atoms with van der Waals surface area (Å²) in [4.78, 5) is 4.57. The second-order valence-corrected chi connectivity index (χ2v) is 5.95. The lowest BCUT2D eigenvalue weighted by molar-refractivity contribution is 0.102. The number of nitrogen functional groups attached to an aromatic ring is 1. The lowest BCUT2D eigenvalue weighted by Crippen LogP contribution is -2.30. The maximum absolute atomic E-state index is 5.92. The summed E-state index contributed by atoms with van der Waals surface area (Å²) in [6.07, 6.45) is 4.31. The molecule has 20 heavy (non-hydrogen) atoms. The third-order valence-corrected chi connectivity index (χ3v) is 4.41. The molecular formula is C16H19N3O. The van der Waals surface area contributed by atoms with E-state index in [9.17, 15) is 0 Å². The molecule has 0 aliphatic carbocycles. The Morgan fingerprint density at radius 3 is 2.95 bits per heavy atom. The van der Waals surface area contributed by atoms with Gasteiger partial charge in [-0.2, -0.15) is 0 Å². The molecule has 0 spiro atoms. The maximum Gasteiger partial charge on any atom is 0.0781 e. The summed E-state index contributed by atoms with van der Waals surface area (Å²) in [7, 11) is 0. The fourth-order valence-electron chi connectivity index (χ4n) is 3.48. The number of aromatic nitrogens is 1. The van der Waals surface area contributed by atoms with Crippen molar-refractivity contribution in [3.63, 3.8) is 0 Å². The van der Waals surface area contributed by atoms with Crippen molar-refractivity contribution in [2.75, 3.05) is 11.1 Å². The van der Waals surface area contributed by atoms with Crippen LogP contribution < -0.4 is 11.1 Å². The first-order valence-corrected chi connectivity index (χ1v) is 7.28. The number of aryl methyl sites for hydroxylation is 1. The number of nitrogens with one attached hydrogen (secondary N) is 1. The van der Waals surface area contributed by atoms with Crippen LogP contribution in [0, 0.1) is 6.92 Å². The molecule has 2 aromatic rings. The summed E-state index contributed by atoms with van der Waals surface area (Å²) in [6, 6.07) is 8.41. The molecule has 0 saturated carbocycles. The normalized spacial score (nSPS) is 28.1. The molecule has 0 amide bonds. The highest BCUT2D eigenvalue weighted by molar-refractivity contribution is 5.93. The van der Waals surface area contributed by atoms with E-state index < -0.39 is 0 Å². The van der Waals surface area contributed by atoms with Gasteiger partial charge in [-0.05, 0) is 50.5 Å². The van der Waals surface area contributed by atoms with Gasteiger partial charge in [-0.25, -0.2) is 0 Å². The monoisotopic (exact) mass is 269 g/mol.